The number of carbonyl (C=O) groups is 1. The summed E-state index contributed by atoms with van der Waals surface area (Å²) in [5, 5.41) is 2.82. The van der Waals surface area contributed by atoms with Gasteiger partial charge in [0.1, 0.15) is 5.82 Å². The van der Waals surface area contributed by atoms with Crippen LogP contribution in [0.3, 0.4) is 0 Å². The van der Waals surface area contributed by atoms with Crippen LogP contribution in [0.25, 0.3) is 0 Å². The minimum atomic E-state index is -0.331. The Morgan fingerprint density at radius 3 is 2.68 bits per heavy atom. The van der Waals surface area contributed by atoms with Gasteiger partial charge < -0.3 is 11.1 Å². The lowest BCUT2D eigenvalue weighted by Crippen LogP contribution is -2.40. The Morgan fingerprint density at radius 1 is 1.47 bits per heavy atom. The van der Waals surface area contributed by atoms with E-state index in [0.29, 0.717) is 24.3 Å². The van der Waals surface area contributed by atoms with Crippen LogP contribution in [0, 0.1) is 5.82 Å². The summed E-state index contributed by atoms with van der Waals surface area (Å²) in [5.41, 5.74) is 6.63. The molecule has 4 nitrogen and oxygen atoms in total. The van der Waals surface area contributed by atoms with E-state index >= 15 is 0 Å². The Morgan fingerprint density at radius 2 is 2.16 bits per heavy atom. The third-order valence-corrected chi connectivity index (χ3v) is 2.80. The average molecular weight is 267 g/mol. The fourth-order valence-electron chi connectivity index (χ4n) is 1.82. The van der Waals surface area contributed by atoms with Gasteiger partial charge in [-0.3, -0.25) is 9.69 Å². The van der Waals surface area contributed by atoms with Gasteiger partial charge in [-0.2, -0.15) is 0 Å². The number of benzene rings is 1. The molecule has 1 aromatic rings. The number of hydrogen-bond acceptors (Lipinski definition) is 3. The Balaban J connectivity index is 2.69. The molecule has 0 saturated carbocycles. The third kappa shape index (κ3) is 4.87. The van der Waals surface area contributed by atoms with E-state index in [2.05, 4.69) is 5.32 Å². The number of anilines is 1. The van der Waals surface area contributed by atoms with Gasteiger partial charge >= 0.3 is 0 Å². The molecule has 0 radical (unpaired) electrons. The van der Waals surface area contributed by atoms with Crippen molar-refractivity contribution in [2.24, 2.45) is 0 Å². The van der Waals surface area contributed by atoms with E-state index < -0.39 is 0 Å². The van der Waals surface area contributed by atoms with Crippen molar-refractivity contribution < 1.29 is 9.18 Å². The zero-order valence-electron chi connectivity index (χ0n) is 11.7. The summed E-state index contributed by atoms with van der Waals surface area (Å²) in [6, 6.07) is 4.73. The maximum absolute atomic E-state index is 13.7. The Hall–Kier alpha value is -1.62. The first-order valence-corrected chi connectivity index (χ1v) is 6.48. The minimum Gasteiger partial charge on any atom is -0.398 e. The number of nitrogen functional groups attached to an aromatic ring is 1. The predicted molar refractivity (Wildman–Crippen MR) is 75.0 cm³/mol. The van der Waals surface area contributed by atoms with Gasteiger partial charge in [0.15, 0.2) is 0 Å². The molecule has 0 bridgehead atoms. The molecule has 0 aliphatic carbocycles. The molecule has 0 aliphatic rings. The highest BCUT2D eigenvalue weighted by Gasteiger charge is 2.14. The summed E-state index contributed by atoms with van der Waals surface area (Å²) in [7, 11) is 0. The summed E-state index contributed by atoms with van der Waals surface area (Å²) in [4.78, 5) is 13.6. The van der Waals surface area contributed by atoms with Crippen molar-refractivity contribution in [1.82, 2.24) is 10.2 Å². The standard InChI is InChI=1S/C14H22FN3O/c1-4-18(9-14(19)17-10(2)3)8-11-12(15)6-5-7-13(11)16/h5-7,10H,4,8-9,16H2,1-3H3,(H,17,19). The first-order chi connectivity index (χ1) is 8.93. The maximum Gasteiger partial charge on any atom is 0.234 e. The van der Waals surface area contributed by atoms with Crippen molar-refractivity contribution in [2.75, 3.05) is 18.8 Å². The second kappa shape index (κ2) is 7.09. The second-order valence-electron chi connectivity index (χ2n) is 4.83. The molecular weight excluding hydrogens is 245 g/mol. The first kappa shape index (κ1) is 15.4. The lowest BCUT2D eigenvalue weighted by Gasteiger charge is -2.21. The number of carbonyl (C=O) groups excluding carboxylic acids is 1. The van der Waals surface area contributed by atoms with E-state index in [1.807, 2.05) is 25.7 Å². The first-order valence-electron chi connectivity index (χ1n) is 6.48. The summed E-state index contributed by atoms with van der Waals surface area (Å²) in [6.45, 7) is 6.97. The van der Waals surface area contributed by atoms with Gasteiger partial charge in [-0.1, -0.05) is 13.0 Å². The van der Waals surface area contributed by atoms with Gasteiger partial charge in [0.2, 0.25) is 5.91 Å². The highest BCUT2D eigenvalue weighted by Crippen LogP contribution is 2.17. The van der Waals surface area contributed by atoms with Crippen LogP contribution in [0.2, 0.25) is 0 Å². The topological polar surface area (TPSA) is 58.4 Å². The normalized spacial score (nSPS) is 11.1. The smallest absolute Gasteiger partial charge is 0.234 e. The third-order valence-electron chi connectivity index (χ3n) is 2.80. The number of amides is 1. The van der Waals surface area contributed by atoms with Gasteiger partial charge in [0.05, 0.1) is 6.54 Å². The van der Waals surface area contributed by atoms with Crippen LogP contribution < -0.4 is 11.1 Å². The number of nitrogens with two attached hydrogens (primary N) is 1. The molecule has 0 spiro atoms. The summed E-state index contributed by atoms with van der Waals surface area (Å²) in [5.74, 6) is -0.394. The molecule has 0 saturated heterocycles. The maximum atomic E-state index is 13.7. The van der Waals surface area contributed by atoms with Gasteiger partial charge in [0, 0.05) is 23.8 Å². The van der Waals surface area contributed by atoms with Crippen molar-refractivity contribution in [2.45, 2.75) is 33.4 Å². The van der Waals surface area contributed by atoms with Crippen LogP contribution in [0.1, 0.15) is 26.3 Å². The number of hydrogen-bond donors (Lipinski definition) is 2. The molecule has 0 aromatic heterocycles. The second-order valence-corrected chi connectivity index (χ2v) is 4.83. The average Bonchev–Trinajstić information content (AvgIpc) is 2.31. The molecule has 0 aliphatic heterocycles. The Bertz CT molecular complexity index is 414. The number of likely N-dealkylation sites (N-methyl/N-ethyl adjacent to an activating group) is 1. The molecule has 0 heterocycles. The number of nitrogens with one attached hydrogen (secondary N) is 1. The summed E-state index contributed by atoms with van der Waals surface area (Å²) < 4.78 is 13.7. The highest BCUT2D eigenvalue weighted by atomic mass is 19.1. The van der Waals surface area contributed by atoms with Crippen molar-refractivity contribution in [3.8, 4) is 0 Å². The van der Waals surface area contributed by atoms with E-state index in [9.17, 15) is 9.18 Å². The zero-order chi connectivity index (χ0) is 14.4. The quantitative estimate of drug-likeness (QED) is 0.772. The molecule has 3 N–H and O–H groups in total. The van der Waals surface area contributed by atoms with Crippen molar-refractivity contribution >= 4 is 11.6 Å². The molecule has 0 atom stereocenters. The molecule has 0 unspecified atom stereocenters. The molecule has 0 fully saturated rings. The monoisotopic (exact) mass is 267 g/mol. The highest BCUT2D eigenvalue weighted by molar-refractivity contribution is 5.78. The molecule has 106 valence electrons. The number of halogens is 1. The van der Waals surface area contributed by atoms with Crippen LogP contribution >= 0.6 is 0 Å². The summed E-state index contributed by atoms with van der Waals surface area (Å²) >= 11 is 0. The van der Waals surface area contributed by atoms with E-state index in [-0.39, 0.29) is 24.3 Å². The van der Waals surface area contributed by atoms with Crippen molar-refractivity contribution in [1.29, 1.82) is 0 Å². The SMILES string of the molecule is CCN(CC(=O)NC(C)C)Cc1c(N)cccc1F. The van der Waals surface area contributed by atoms with Crippen LogP contribution in [-0.2, 0) is 11.3 Å². The largest absolute Gasteiger partial charge is 0.398 e. The van der Waals surface area contributed by atoms with E-state index in [0.717, 1.165) is 0 Å². The van der Waals surface area contributed by atoms with Crippen molar-refractivity contribution in [3.63, 3.8) is 0 Å². The summed E-state index contributed by atoms with van der Waals surface area (Å²) in [6.07, 6.45) is 0. The van der Waals surface area contributed by atoms with Gasteiger partial charge in [-0.15, -0.1) is 0 Å². The van der Waals surface area contributed by atoms with E-state index in [1.165, 1.54) is 6.07 Å². The van der Waals surface area contributed by atoms with Gasteiger partial charge in [-0.05, 0) is 32.5 Å². The van der Waals surface area contributed by atoms with Crippen LogP contribution in [0.5, 0.6) is 0 Å². The molecule has 5 heteroatoms. The lowest BCUT2D eigenvalue weighted by molar-refractivity contribution is -0.122. The molecule has 19 heavy (non-hydrogen) atoms. The Kier molecular flexibility index (Phi) is 5.76. The van der Waals surface area contributed by atoms with E-state index in [1.54, 1.807) is 12.1 Å². The fourth-order valence-corrected chi connectivity index (χ4v) is 1.82. The Labute approximate surface area is 113 Å². The van der Waals surface area contributed by atoms with Crippen LogP contribution in [-0.4, -0.2) is 29.9 Å². The number of rotatable bonds is 6. The van der Waals surface area contributed by atoms with Crippen LogP contribution in [0.15, 0.2) is 18.2 Å². The number of nitrogens with zero attached hydrogens (tertiary/aromatic N) is 1. The minimum absolute atomic E-state index is 0.0632. The zero-order valence-corrected chi connectivity index (χ0v) is 11.7. The van der Waals surface area contributed by atoms with Crippen molar-refractivity contribution in [3.05, 3.63) is 29.6 Å². The fraction of sp³-hybridized carbons (Fsp3) is 0.500. The molecular formula is C14H22FN3O. The van der Waals surface area contributed by atoms with Gasteiger partial charge in [0.25, 0.3) is 0 Å². The molecule has 1 aromatic carbocycles. The van der Waals surface area contributed by atoms with E-state index in [4.69, 9.17) is 5.73 Å². The predicted octanol–water partition coefficient (Wildman–Crippen LogP) is 1.75. The molecule has 1 rings (SSSR count). The van der Waals surface area contributed by atoms with Gasteiger partial charge in [-0.25, -0.2) is 4.39 Å². The molecule has 1 amide bonds. The lowest BCUT2D eigenvalue weighted by atomic mass is 10.1. The van der Waals surface area contributed by atoms with Crippen LogP contribution in [0.4, 0.5) is 10.1 Å².